The number of hydrogen-bond donors (Lipinski definition) is 3. The van der Waals surface area contributed by atoms with Gasteiger partial charge in [0, 0.05) is 11.6 Å². The lowest BCUT2D eigenvalue weighted by Crippen LogP contribution is -2.71. The van der Waals surface area contributed by atoms with Crippen LogP contribution in [-0.2, 0) is 0 Å². The molecule has 0 amide bonds. The number of rotatable bonds is 1. The Morgan fingerprint density at radius 3 is 2.62 bits per heavy atom. The van der Waals surface area contributed by atoms with Crippen molar-refractivity contribution in [2.75, 3.05) is 6.54 Å². The zero-order valence-corrected chi connectivity index (χ0v) is 10.0. The van der Waals surface area contributed by atoms with E-state index in [1.165, 1.54) is 25.7 Å². The Bertz CT molecular complexity index is 275. The molecule has 3 heteroatoms. The summed E-state index contributed by atoms with van der Waals surface area (Å²) < 4.78 is 0. The normalized spacial score (nSPS) is 46.9. The Morgan fingerprint density at radius 2 is 1.88 bits per heavy atom. The summed E-state index contributed by atoms with van der Waals surface area (Å²) in [6.45, 7) is 1.06. The minimum absolute atomic E-state index is 0.253. The van der Waals surface area contributed by atoms with E-state index in [9.17, 15) is 5.11 Å². The first-order chi connectivity index (χ1) is 7.64. The smallest absolute Gasteiger partial charge is 0.0978 e. The molecule has 0 spiro atoms. The Balaban J connectivity index is 1.85. The zero-order valence-electron chi connectivity index (χ0n) is 10.0. The molecule has 3 aliphatic rings. The third-order valence-electron chi connectivity index (χ3n) is 5.38. The van der Waals surface area contributed by atoms with E-state index in [1.807, 2.05) is 0 Å². The van der Waals surface area contributed by atoms with E-state index in [0.29, 0.717) is 0 Å². The van der Waals surface area contributed by atoms with Crippen LogP contribution in [0.3, 0.4) is 0 Å². The molecule has 2 aliphatic carbocycles. The van der Waals surface area contributed by atoms with Gasteiger partial charge in [-0.2, -0.15) is 0 Å². The molecular formula is C13H24N2O. The molecule has 1 aliphatic heterocycles. The maximum atomic E-state index is 11.1. The van der Waals surface area contributed by atoms with Crippen LogP contribution < -0.4 is 11.1 Å². The molecule has 4 N–H and O–H groups in total. The molecule has 1 saturated heterocycles. The highest BCUT2D eigenvalue weighted by molar-refractivity contribution is 5.14. The molecular weight excluding hydrogens is 200 g/mol. The summed E-state index contributed by atoms with van der Waals surface area (Å²) in [7, 11) is 0. The topological polar surface area (TPSA) is 58.3 Å². The predicted molar refractivity (Wildman–Crippen MR) is 64.1 cm³/mol. The van der Waals surface area contributed by atoms with Crippen LogP contribution in [0.1, 0.15) is 51.4 Å². The van der Waals surface area contributed by atoms with Gasteiger partial charge in [0.1, 0.15) is 0 Å². The molecule has 92 valence electrons. The number of piperidine rings is 1. The van der Waals surface area contributed by atoms with Crippen molar-refractivity contribution < 1.29 is 5.11 Å². The van der Waals surface area contributed by atoms with Crippen LogP contribution in [0, 0.1) is 5.92 Å². The van der Waals surface area contributed by atoms with Gasteiger partial charge < -0.3 is 16.2 Å². The summed E-state index contributed by atoms with van der Waals surface area (Å²) in [6, 6.07) is 0.253. The molecule has 0 radical (unpaired) electrons. The first kappa shape index (κ1) is 11.0. The lowest BCUT2D eigenvalue weighted by molar-refractivity contribution is -0.105. The molecule has 3 fully saturated rings. The van der Waals surface area contributed by atoms with Gasteiger partial charge >= 0.3 is 0 Å². The number of nitrogens with one attached hydrogen (secondary N) is 1. The minimum Gasteiger partial charge on any atom is -0.386 e. The summed E-state index contributed by atoms with van der Waals surface area (Å²) in [4.78, 5) is 0. The monoisotopic (exact) mass is 224 g/mol. The highest BCUT2D eigenvalue weighted by atomic mass is 16.3. The van der Waals surface area contributed by atoms with E-state index in [-0.39, 0.29) is 11.6 Å². The van der Waals surface area contributed by atoms with Gasteiger partial charge in [0.05, 0.1) is 5.60 Å². The molecule has 3 unspecified atom stereocenters. The molecule has 0 aromatic rings. The molecule has 2 saturated carbocycles. The van der Waals surface area contributed by atoms with Gasteiger partial charge in [0.25, 0.3) is 0 Å². The van der Waals surface area contributed by atoms with Gasteiger partial charge in [-0.05, 0) is 51.0 Å². The van der Waals surface area contributed by atoms with E-state index < -0.39 is 5.60 Å². The van der Waals surface area contributed by atoms with Crippen LogP contribution in [0.15, 0.2) is 0 Å². The lowest BCUT2D eigenvalue weighted by atomic mass is 9.63. The molecule has 3 nitrogen and oxygen atoms in total. The first-order valence-electron chi connectivity index (χ1n) is 6.89. The summed E-state index contributed by atoms with van der Waals surface area (Å²) in [6.07, 6.45) is 8.89. The van der Waals surface area contributed by atoms with E-state index in [0.717, 1.165) is 38.1 Å². The molecule has 3 rings (SSSR count). The predicted octanol–water partition coefficient (Wildman–Crippen LogP) is 1.15. The van der Waals surface area contributed by atoms with Gasteiger partial charge in [-0.3, -0.25) is 0 Å². The van der Waals surface area contributed by atoms with Gasteiger partial charge in [0.2, 0.25) is 0 Å². The van der Waals surface area contributed by atoms with E-state index in [1.54, 1.807) is 0 Å². The quantitative estimate of drug-likeness (QED) is 0.626. The Labute approximate surface area is 97.8 Å². The van der Waals surface area contributed by atoms with Crippen LogP contribution in [0.5, 0.6) is 0 Å². The fourth-order valence-corrected chi connectivity index (χ4v) is 4.26. The molecule has 0 aromatic heterocycles. The lowest BCUT2D eigenvalue weighted by Gasteiger charge is -2.54. The van der Waals surface area contributed by atoms with Crippen molar-refractivity contribution in [2.45, 2.75) is 68.5 Å². The van der Waals surface area contributed by atoms with Crippen molar-refractivity contribution in [1.29, 1.82) is 0 Å². The highest BCUT2D eigenvalue weighted by Gasteiger charge is 2.56. The van der Waals surface area contributed by atoms with Crippen molar-refractivity contribution >= 4 is 0 Å². The summed E-state index contributed by atoms with van der Waals surface area (Å²) in [5.74, 6) is 0.830. The average Bonchev–Trinajstić information content (AvgIpc) is 2.74. The standard InChI is InChI=1S/C13H24N2O/c14-12(5-1-2-6-12)13(16)7-3-10-4-8-15-11(13)9-10/h10-11,15-16H,1-9,14H2. The van der Waals surface area contributed by atoms with Gasteiger partial charge in [0.15, 0.2) is 0 Å². The minimum atomic E-state index is -0.638. The van der Waals surface area contributed by atoms with Crippen molar-refractivity contribution in [1.82, 2.24) is 5.32 Å². The van der Waals surface area contributed by atoms with Gasteiger partial charge in [-0.1, -0.05) is 12.8 Å². The molecule has 2 bridgehead atoms. The van der Waals surface area contributed by atoms with Crippen LogP contribution >= 0.6 is 0 Å². The Kier molecular flexibility index (Phi) is 2.54. The fraction of sp³-hybridized carbons (Fsp3) is 1.00. The molecule has 3 atom stereocenters. The summed E-state index contributed by atoms with van der Waals surface area (Å²) in [5.41, 5.74) is 5.56. The maximum Gasteiger partial charge on any atom is 0.0978 e. The van der Waals surface area contributed by atoms with E-state index in [4.69, 9.17) is 5.73 Å². The third-order valence-corrected chi connectivity index (χ3v) is 5.38. The van der Waals surface area contributed by atoms with Crippen molar-refractivity contribution in [2.24, 2.45) is 11.7 Å². The average molecular weight is 224 g/mol. The molecule has 1 heterocycles. The largest absolute Gasteiger partial charge is 0.386 e. The zero-order chi connectivity index (χ0) is 11.2. The SMILES string of the molecule is NC1(C2(O)CCC3CCNC2C3)CCCC1. The second-order valence-corrected chi connectivity index (χ2v) is 6.22. The van der Waals surface area contributed by atoms with Crippen molar-refractivity contribution in [3.63, 3.8) is 0 Å². The van der Waals surface area contributed by atoms with Crippen LogP contribution in [0.2, 0.25) is 0 Å². The number of fused-ring (bicyclic) bond motifs is 2. The van der Waals surface area contributed by atoms with Crippen LogP contribution in [-0.4, -0.2) is 28.8 Å². The fourth-order valence-electron chi connectivity index (χ4n) is 4.26. The number of hydrogen-bond acceptors (Lipinski definition) is 3. The maximum absolute atomic E-state index is 11.1. The molecule has 16 heavy (non-hydrogen) atoms. The van der Waals surface area contributed by atoms with Crippen molar-refractivity contribution in [3.8, 4) is 0 Å². The Morgan fingerprint density at radius 1 is 1.12 bits per heavy atom. The van der Waals surface area contributed by atoms with E-state index >= 15 is 0 Å². The van der Waals surface area contributed by atoms with Gasteiger partial charge in [-0.15, -0.1) is 0 Å². The number of aliphatic hydroxyl groups is 1. The summed E-state index contributed by atoms with van der Waals surface area (Å²) in [5, 5.41) is 14.6. The first-order valence-corrected chi connectivity index (χ1v) is 6.89. The van der Waals surface area contributed by atoms with E-state index in [2.05, 4.69) is 5.32 Å². The highest BCUT2D eigenvalue weighted by Crippen LogP contribution is 2.47. The second-order valence-electron chi connectivity index (χ2n) is 6.22. The Hall–Kier alpha value is -0.120. The van der Waals surface area contributed by atoms with Crippen LogP contribution in [0.4, 0.5) is 0 Å². The second kappa shape index (κ2) is 3.69. The van der Waals surface area contributed by atoms with Crippen molar-refractivity contribution in [3.05, 3.63) is 0 Å². The third kappa shape index (κ3) is 1.45. The summed E-state index contributed by atoms with van der Waals surface area (Å²) >= 11 is 0. The number of nitrogens with two attached hydrogens (primary N) is 1. The van der Waals surface area contributed by atoms with Gasteiger partial charge in [-0.25, -0.2) is 0 Å². The van der Waals surface area contributed by atoms with Crippen LogP contribution in [0.25, 0.3) is 0 Å². The molecule has 0 aromatic carbocycles.